The lowest BCUT2D eigenvalue weighted by Gasteiger charge is -2.20. The molecule has 0 saturated heterocycles. The van der Waals surface area contributed by atoms with Crippen molar-refractivity contribution >= 4 is 17.1 Å². The van der Waals surface area contributed by atoms with Crippen LogP contribution in [-0.4, -0.2) is 18.8 Å². The van der Waals surface area contributed by atoms with Crippen LogP contribution in [0.15, 0.2) is 64.7 Å². The molecule has 0 radical (unpaired) electrons. The van der Waals surface area contributed by atoms with Crippen LogP contribution in [0.5, 0.6) is 0 Å². The van der Waals surface area contributed by atoms with Crippen LogP contribution in [0, 0.1) is 22.7 Å². The van der Waals surface area contributed by atoms with E-state index >= 15 is 0 Å². The Labute approximate surface area is 137 Å². The van der Waals surface area contributed by atoms with Gasteiger partial charge in [0.05, 0.1) is 11.4 Å². The normalized spacial score (nSPS) is 12.5. The molecule has 0 N–H and O–H groups in total. The molecular formula is C19H18N4. The maximum absolute atomic E-state index is 8.86. The van der Waals surface area contributed by atoms with E-state index in [0.717, 1.165) is 24.5 Å². The van der Waals surface area contributed by atoms with Crippen LogP contribution >= 0.6 is 0 Å². The number of hydrogen-bond acceptors (Lipinski definition) is 4. The van der Waals surface area contributed by atoms with Gasteiger partial charge in [-0.2, -0.15) is 10.5 Å². The molecule has 1 aliphatic rings. The van der Waals surface area contributed by atoms with Gasteiger partial charge in [-0.05, 0) is 50.3 Å². The Hall–Kier alpha value is -3.11. The van der Waals surface area contributed by atoms with E-state index in [1.165, 1.54) is 5.69 Å². The van der Waals surface area contributed by atoms with Crippen molar-refractivity contribution < 1.29 is 0 Å². The van der Waals surface area contributed by atoms with Gasteiger partial charge in [0.15, 0.2) is 0 Å². The summed E-state index contributed by atoms with van der Waals surface area (Å²) >= 11 is 0. The van der Waals surface area contributed by atoms with E-state index in [1.807, 2.05) is 36.4 Å². The molecule has 4 nitrogen and oxygen atoms in total. The predicted octanol–water partition coefficient (Wildman–Crippen LogP) is 4.08. The standard InChI is InChI=1S/C19H18N4/c1-3-23(4-2)19-11-9-18(10-12-19)22-17-7-5-15(6-8-17)16(13-20)14-21/h5-12H,3-4H2,1-2H3. The van der Waals surface area contributed by atoms with Crippen LogP contribution in [0.2, 0.25) is 0 Å². The van der Waals surface area contributed by atoms with Gasteiger partial charge < -0.3 is 4.90 Å². The van der Waals surface area contributed by atoms with Crippen molar-refractivity contribution in [3.05, 3.63) is 59.7 Å². The van der Waals surface area contributed by atoms with Gasteiger partial charge in [-0.3, -0.25) is 0 Å². The second-order valence-electron chi connectivity index (χ2n) is 4.95. The van der Waals surface area contributed by atoms with Crippen molar-refractivity contribution in [1.82, 2.24) is 0 Å². The van der Waals surface area contributed by atoms with Gasteiger partial charge in [0.2, 0.25) is 0 Å². The van der Waals surface area contributed by atoms with Crippen molar-refractivity contribution in [3.63, 3.8) is 0 Å². The zero-order valence-corrected chi connectivity index (χ0v) is 13.3. The van der Waals surface area contributed by atoms with Crippen molar-refractivity contribution in [2.45, 2.75) is 13.8 Å². The molecular weight excluding hydrogens is 284 g/mol. The van der Waals surface area contributed by atoms with Crippen LogP contribution in [-0.2, 0) is 0 Å². The zero-order chi connectivity index (χ0) is 16.7. The first-order valence-corrected chi connectivity index (χ1v) is 7.56. The highest BCUT2D eigenvalue weighted by Crippen LogP contribution is 2.21. The van der Waals surface area contributed by atoms with Crippen molar-refractivity contribution in [2.75, 3.05) is 18.0 Å². The van der Waals surface area contributed by atoms with Gasteiger partial charge in [-0.1, -0.05) is 12.2 Å². The Morgan fingerprint density at radius 1 is 0.957 bits per heavy atom. The lowest BCUT2D eigenvalue weighted by atomic mass is 10.0. The first-order chi connectivity index (χ1) is 11.2. The summed E-state index contributed by atoms with van der Waals surface area (Å²) in [5.41, 5.74) is 3.58. The van der Waals surface area contributed by atoms with Gasteiger partial charge in [0.25, 0.3) is 0 Å². The molecule has 114 valence electrons. The average Bonchev–Trinajstić information content (AvgIpc) is 2.60. The molecule has 0 heterocycles. The number of hydrogen-bond donors (Lipinski definition) is 0. The Bertz CT molecular complexity index is 727. The fourth-order valence-corrected chi connectivity index (χ4v) is 2.33. The first kappa shape index (κ1) is 16.3. The largest absolute Gasteiger partial charge is 0.372 e. The molecule has 0 aliphatic heterocycles. The minimum absolute atomic E-state index is 0.111. The Morgan fingerprint density at radius 3 is 2.00 bits per heavy atom. The number of rotatable bonds is 4. The number of anilines is 1. The highest BCUT2D eigenvalue weighted by Gasteiger charge is 2.05. The number of nitriles is 2. The maximum Gasteiger partial charge on any atom is 0.136 e. The molecule has 4 heteroatoms. The Kier molecular flexibility index (Phi) is 5.50. The van der Waals surface area contributed by atoms with E-state index in [4.69, 9.17) is 10.5 Å². The summed E-state index contributed by atoms with van der Waals surface area (Å²) in [4.78, 5) is 6.83. The Morgan fingerprint density at radius 2 is 1.52 bits per heavy atom. The van der Waals surface area contributed by atoms with Crippen molar-refractivity contribution in [3.8, 4) is 12.1 Å². The van der Waals surface area contributed by atoms with Gasteiger partial charge >= 0.3 is 0 Å². The predicted molar refractivity (Wildman–Crippen MR) is 93.6 cm³/mol. The minimum atomic E-state index is 0.111. The third-order valence-corrected chi connectivity index (χ3v) is 3.62. The smallest absolute Gasteiger partial charge is 0.136 e. The molecule has 0 saturated carbocycles. The highest BCUT2D eigenvalue weighted by atomic mass is 15.1. The molecule has 23 heavy (non-hydrogen) atoms. The van der Waals surface area contributed by atoms with Crippen LogP contribution in [0.3, 0.4) is 0 Å². The zero-order valence-electron chi connectivity index (χ0n) is 13.3. The van der Waals surface area contributed by atoms with E-state index < -0.39 is 0 Å². The number of aliphatic imine (C=N–C) groups is 1. The SMILES string of the molecule is CCN(CC)c1ccc(N=C2C=CC(=C(C#N)C#N)C=C2)cc1. The molecule has 2 rings (SSSR count). The molecule has 0 aromatic heterocycles. The summed E-state index contributed by atoms with van der Waals surface area (Å²) in [6.07, 6.45) is 7.10. The van der Waals surface area contributed by atoms with Gasteiger partial charge in [-0.25, -0.2) is 4.99 Å². The highest BCUT2D eigenvalue weighted by molar-refractivity contribution is 6.07. The molecule has 1 aromatic carbocycles. The molecule has 0 bridgehead atoms. The average molecular weight is 302 g/mol. The maximum atomic E-state index is 8.86. The molecule has 0 unspecified atom stereocenters. The molecule has 0 atom stereocenters. The van der Waals surface area contributed by atoms with E-state index in [9.17, 15) is 0 Å². The molecule has 0 amide bonds. The second kappa shape index (κ2) is 7.77. The molecule has 0 spiro atoms. The second-order valence-corrected chi connectivity index (χ2v) is 4.95. The van der Waals surface area contributed by atoms with Crippen LogP contribution < -0.4 is 4.90 Å². The van der Waals surface area contributed by atoms with E-state index in [0.29, 0.717) is 5.57 Å². The minimum Gasteiger partial charge on any atom is -0.372 e. The van der Waals surface area contributed by atoms with E-state index in [-0.39, 0.29) is 5.57 Å². The van der Waals surface area contributed by atoms with Crippen LogP contribution in [0.1, 0.15) is 13.8 Å². The summed E-state index contributed by atoms with van der Waals surface area (Å²) in [5.74, 6) is 0. The van der Waals surface area contributed by atoms with Crippen molar-refractivity contribution in [2.24, 2.45) is 4.99 Å². The third-order valence-electron chi connectivity index (χ3n) is 3.62. The quantitative estimate of drug-likeness (QED) is 0.787. The lowest BCUT2D eigenvalue weighted by Crippen LogP contribution is -2.21. The van der Waals surface area contributed by atoms with Crippen LogP contribution in [0.4, 0.5) is 11.4 Å². The number of allylic oxidation sites excluding steroid dienone is 6. The fraction of sp³-hybridized carbons (Fsp3) is 0.211. The van der Waals surface area contributed by atoms with Gasteiger partial charge in [-0.15, -0.1) is 0 Å². The van der Waals surface area contributed by atoms with Gasteiger partial charge in [0.1, 0.15) is 17.7 Å². The number of nitrogens with zero attached hydrogens (tertiary/aromatic N) is 4. The summed E-state index contributed by atoms with van der Waals surface area (Å²) in [6.45, 7) is 6.23. The Balaban J connectivity index is 2.18. The summed E-state index contributed by atoms with van der Waals surface area (Å²) in [7, 11) is 0. The van der Waals surface area contributed by atoms with E-state index in [2.05, 4.69) is 35.9 Å². The summed E-state index contributed by atoms with van der Waals surface area (Å²) in [5, 5.41) is 17.7. The van der Waals surface area contributed by atoms with Gasteiger partial charge in [0, 0.05) is 24.4 Å². The molecule has 1 aromatic rings. The lowest BCUT2D eigenvalue weighted by molar-refractivity contribution is 0.866. The third kappa shape index (κ3) is 3.96. The monoisotopic (exact) mass is 302 g/mol. The summed E-state index contributed by atoms with van der Waals surface area (Å²) in [6, 6.07) is 11.9. The van der Waals surface area contributed by atoms with Crippen molar-refractivity contribution in [1.29, 1.82) is 10.5 Å². The van der Waals surface area contributed by atoms with Crippen LogP contribution in [0.25, 0.3) is 0 Å². The summed E-state index contributed by atoms with van der Waals surface area (Å²) < 4.78 is 0. The molecule has 0 fully saturated rings. The number of benzene rings is 1. The molecule has 1 aliphatic carbocycles. The first-order valence-electron chi connectivity index (χ1n) is 7.56. The topological polar surface area (TPSA) is 63.2 Å². The van der Waals surface area contributed by atoms with E-state index in [1.54, 1.807) is 12.2 Å². The fourth-order valence-electron chi connectivity index (χ4n) is 2.33.